The molecule has 0 bridgehead atoms. The number of aryl methyl sites for hydroxylation is 1. The molecule has 0 aliphatic carbocycles. The van der Waals surface area contributed by atoms with E-state index in [1.54, 1.807) is 16.2 Å². The SMILES string of the molecule is CCc1ccc(C2C(C(=O)O)CCCC(=O)N2CC)s1. The standard InChI is InChI=1S/C15H21NO3S/c1-3-10-8-9-12(20-10)14-11(15(18)19)6-5-7-13(17)16(14)4-2/h8-9,11,14H,3-7H2,1-2H3,(H,18,19). The largest absolute Gasteiger partial charge is 0.481 e. The molecule has 5 heteroatoms. The van der Waals surface area contributed by atoms with E-state index in [0.717, 1.165) is 11.3 Å². The Morgan fingerprint density at radius 3 is 2.75 bits per heavy atom. The highest BCUT2D eigenvalue weighted by atomic mass is 32.1. The number of aliphatic carboxylic acids is 1. The number of carbonyl (C=O) groups excluding carboxylic acids is 1. The molecule has 4 nitrogen and oxygen atoms in total. The number of nitrogens with zero attached hydrogens (tertiary/aromatic N) is 1. The normalized spacial score (nSPS) is 23.7. The van der Waals surface area contributed by atoms with Crippen molar-refractivity contribution in [1.82, 2.24) is 4.90 Å². The maximum Gasteiger partial charge on any atom is 0.308 e. The summed E-state index contributed by atoms with van der Waals surface area (Å²) in [4.78, 5) is 27.8. The fraction of sp³-hybridized carbons (Fsp3) is 0.600. The van der Waals surface area contributed by atoms with Gasteiger partial charge < -0.3 is 10.0 Å². The lowest BCUT2D eigenvalue weighted by atomic mass is 9.93. The van der Waals surface area contributed by atoms with Crippen LogP contribution in [0.2, 0.25) is 0 Å². The van der Waals surface area contributed by atoms with Crippen molar-refractivity contribution in [1.29, 1.82) is 0 Å². The first-order valence-corrected chi connectivity index (χ1v) is 8.01. The fourth-order valence-electron chi connectivity index (χ4n) is 2.87. The van der Waals surface area contributed by atoms with Crippen LogP contribution in [0.15, 0.2) is 12.1 Å². The molecule has 2 rings (SSSR count). The maximum absolute atomic E-state index is 12.2. The van der Waals surface area contributed by atoms with E-state index in [9.17, 15) is 14.7 Å². The quantitative estimate of drug-likeness (QED) is 0.928. The molecule has 1 aromatic rings. The summed E-state index contributed by atoms with van der Waals surface area (Å²) in [5.74, 6) is -1.22. The Hall–Kier alpha value is -1.36. The van der Waals surface area contributed by atoms with Gasteiger partial charge in [0.25, 0.3) is 0 Å². The number of likely N-dealkylation sites (tertiary alicyclic amines) is 1. The first kappa shape index (κ1) is 15.0. The van der Waals surface area contributed by atoms with Crippen LogP contribution in [0.3, 0.4) is 0 Å². The van der Waals surface area contributed by atoms with E-state index in [-0.39, 0.29) is 11.9 Å². The Kier molecular flexibility index (Phi) is 4.81. The van der Waals surface area contributed by atoms with Crippen LogP contribution in [0.1, 0.15) is 48.9 Å². The second-order valence-electron chi connectivity index (χ2n) is 5.12. The molecule has 0 aromatic carbocycles. The average Bonchev–Trinajstić information content (AvgIpc) is 2.82. The van der Waals surface area contributed by atoms with E-state index in [1.165, 1.54) is 4.88 Å². The third-order valence-corrected chi connectivity index (χ3v) is 5.22. The minimum Gasteiger partial charge on any atom is -0.481 e. The summed E-state index contributed by atoms with van der Waals surface area (Å²) < 4.78 is 0. The molecule has 1 aliphatic heterocycles. The first-order chi connectivity index (χ1) is 9.58. The Bertz CT molecular complexity index is 495. The zero-order valence-electron chi connectivity index (χ0n) is 12.0. The van der Waals surface area contributed by atoms with Gasteiger partial charge in [0.05, 0.1) is 12.0 Å². The van der Waals surface area contributed by atoms with Gasteiger partial charge in [0, 0.05) is 22.7 Å². The summed E-state index contributed by atoms with van der Waals surface area (Å²) in [6.07, 6.45) is 2.63. The lowest BCUT2D eigenvalue weighted by Crippen LogP contribution is -2.38. The zero-order valence-corrected chi connectivity index (χ0v) is 12.8. The molecule has 2 unspecified atom stereocenters. The van der Waals surface area contributed by atoms with Crippen LogP contribution in [-0.2, 0) is 16.0 Å². The number of carboxylic acid groups (broad SMARTS) is 1. The van der Waals surface area contributed by atoms with E-state index in [1.807, 2.05) is 19.1 Å². The van der Waals surface area contributed by atoms with Gasteiger partial charge in [-0.25, -0.2) is 0 Å². The van der Waals surface area contributed by atoms with Crippen LogP contribution in [0.4, 0.5) is 0 Å². The summed E-state index contributed by atoms with van der Waals surface area (Å²) >= 11 is 1.63. The third kappa shape index (κ3) is 2.87. The maximum atomic E-state index is 12.2. The van der Waals surface area contributed by atoms with Crippen LogP contribution < -0.4 is 0 Å². The second kappa shape index (κ2) is 6.39. The molecule has 0 saturated carbocycles. The number of carbonyl (C=O) groups is 2. The van der Waals surface area contributed by atoms with Gasteiger partial charge in [-0.15, -0.1) is 11.3 Å². The topological polar surface area (TPSA) is 57.6 Å². The van der Waals surface area contributed by atoms with Gasteiger partial charge in [-0.1, -0.05) is 6.92 Å². The molecule has 1 N–H and O–H groups in total. The number of hydrogen-bond acceptors (Lipinski definition) is 3. The third-order valence-electron chi connectivity index (χ3n) is 3.92. The molecule has 2 atom stereocenters. The van der Waals surface area contributed by atoms with Gasteiger partial charge in [0.15, 0.2) is 0 Å². The molecular formula is C15H21NO3S. The van der Waals surface area contributed by atoms with Gasteiger partial charge in [0.2, 0.25) is 5.91 Å². The number of rotatable bonds is 4. The molecule has 20 heavy (non-hydrogen) atoms. The molecule has 2 heterocycles. The molecule has 0 radical (unpaired) electrons. The van der Waals surface area contributed by atoms with E-state index < -0.39 is 11.9 Å². The number of carboxylic acids is 1. The van der Waals surface area contributed by atoms with Crippen LogP contribution in [-0.4, -0.2) is 28.4 Å². The van der Waals surface area contributed by atoms with Gasteiger partial charge in [-0.2, -0.15) is 0 Å². The second-order valence-corrected chi connectivity index (χ2v) is 6.32. The molecule has 1 aliphatic rings. The Morgan fingerprint density at radius 2 is 2.20 bits per heavy atom. The van der Waals surface area contributed by atoms with Crippen molar-refractivity contribution in [3.8, 4) is 0 Å². The van der Waals surface area contributed by atoms with Crippen LogP contribution in [0, 0.1) is 5.92 Å². The predicted molar refractivity (Wildman–Crippen MR) is 78.8 cm³/mol. The lowest BCUT2D eigenvalue weighted by Gasteiger charge is -2.32. The molecule has 1 amide bonds. The van der Waals surface area contributed by atoms with E-state index in [0.29, 0.717) is 25.8 Å². The van der Waals surface area contributed by atoms with Gasteiger partial charge in [-0.05, 0) is 38.3 Å². The highest BCUT2D eigenvalue weighted by Crippen LogP contribution is 2.38. The summed E-state index contributed by atoms with van der Waals surface area (Å²) in [6, 6.07) is 3.73. The van der Waals surface area contributed by atoms with Crippen molar-refractivity contribution >= 4 is 23.2 Å². The number of amides is 1. The van der Waals surface area contributed by atoms with Crippen molar-refractivity contribution in [2.75, 3.05) is 6.54 Å². The Balaban J connectivity index is 2.42. The highest BCUT2D eigenvalue weighted by Gasteiger charge is 2.38. The van der Waals surface area contributed by atoms with E-state index in [4.69, 9.17) is 0 Å². The zero-order chi connectivity index (χ0) is 14.7. The van der Waals surface area contributed by atoms with E-state index in [2.05, 4.69) is 6.92 Å². The monoisotopic (exact) mass is 295 g/mol. The summed E-state index contributed by atoms with van der Waals surface area (Å²) in [5.41, 5.74) is 0. The fourth-order valence-corrected chi connectivity index (χ4v) is 4.01. The molecule has 1 aromatic heterocycles. The van der Waals surface area contributed by atoms with Crippen LogP contribution >= 0.6 is 11.3 Å². The smallest absolute Gasteiger partial charge is 0.308 e. The number of thiophene rings is 1. The van der Waals surface area contributed by atoms with Crippen LogP contribution in [0.25, 0.3) is 0 Å². The molecule has 1 fully saturated rings. The number of hydrogen-bond donors (Lipinski definition) is 1. The van der Waals surface area contributed by atoms with Crippen molar-refractivity contribution in [2.45, 2.75) is 45.6 Å². The predicted octanol–water partition coefficient (Wildman–Crippen LogP) is 3.08. The Morgan fingerprint density at radius 1 is 1.45 bits per heavy atom. The minimum atomic E-state index is -0.797. The summed E-state index contributed by atoms with van der Waals surface area (Å²) in [6.45, 7) is 4.57. The summed E-state index contributed by atoms with van der Waals surface area (Å²) in [7, 11) is 0. The van der Waals surface area contributed by atoms with Crippen molar-refractivity contribution in [2.24, 2.45) is 5.92 Å². The first-order valence-electron chi connectivity index (χ1n) is 7.19. The van der Waals surface area contributed by atoms with Crippen molar-refractivity contribution in [3.63, 3.8) is 0 Å². The van der Waals surface area contributed by atoms with Crippen LogP contribution in [0.5, 0.6) is 0 Å². The van der Waals surface area contributed by atoms with Gasteiger partial charge >= 0.3 is 5.97 Å². The lowest BCUT2D eigenvalue weighted by molar-refractivity contribution is -0.145. The van der Waals surface area contributed by atoms with Crippen molar-refractivity contribution in [3.05, 3.63) is 21.9 Å². The highest BCUT2D eigenvalue weighted by molar-refractivity contribution is 7.12. The minimum absolute atomic E-state index is 0.0766. The van der Waals surface area contributed by atoms with E-state index >= 15 is 0 Å². The molecular weight excluding hydrogens is 274 g/mol. The van der Waals surface area contributed by atoms with Crippen molar-refractivity contribution < 1.29 is 14.7 Å². The average molecular weight is 295 g/mol. The van der Waals surface area contributed by atoms with Gasteiger partial charge in [-0.3, -0.25) is 9.59 Å². The Labute approximate surface area is 123 Å². The van der Waals surface area contributed by atoms with Gasteiger partial charge in [0.1, 0.15) is 0 Å². The summed E-state index contributed by atoms with van der Waals surface area (Å²) in [5, 5.41) is 9.53. The molecule has 110 valence electrons. The molecule has 1 saturated heterocycles. The molecule has 0 spiro atoms.